The fraction of sp³-hybridized carbons (Fsp3) is 0.455. The van der Waals surface area contributed by atoms with Gasteiger partial charge in [0.05, 0.1) is 17.6 Å². The van der Waals surface area contributed by atoms with Crippen LogP contribution in [0.5, 0.6) is 0 Å². The molecule has 1 aromatic heterocycles. The number of halogens is 1. The number of ether oxygens (including phenoxy) is 2. The third kappa shape index (κ3) is 4.80. The fourth-order valence-corrected chi connectivity index (χ4v) is 1.36. The van der Waals surface area contributed by atoms with Crippen LogP contribution in [-0.2, 0) is 9.47 Å². The van der Waals surface area contributed by atoms with Crippen LogP contribution in [0.1, 0.15) is 24.2 Å². The van der Waals surface area contributed by atoms with Gasteiger partial charge in [-0.15, -0.1) is 0 Å². The first-order chi connectivity index (χ1) is 8.91. The topological polar surface area (TPSA) is 91.6 Å². The van der Waals surface area contributed by atoms with Crippen LogP contribution in [0.25, 0.3) is 0 Å². The van der Waals surface area contributed by atoms with Gasteiger partial charge < -0.3 is 9.47 Å². The number of hydrogen-bond donors (Lipinski definition) is 0. The molecule has 0 fully saturated rings. The standard InChI is InChI=1S/C11H13ClN2O5/c1-7(2)18-3-4-19-11(15)9-5-8(14(16)17)6-13-10(9)12/h5-7H,3-4H2,1-2H3. The summed E-state index contributed by atoms with van der Waals surface area (Å²) in [6, 6.07) is 1.03. The first-order valence-corrected chi connectivity index (χ1v) is 5.88. The Kier molecular flexibility index (Phi) is 5.65. The van der Waals surface area contributed by atoms with Crippen LogP contribution in [0.4, 0.5) is 5.69 Å². The number of esters is 1. The lowest BCUT2D eigenvalue weighted by molar-refractivity contribution is -0.385. The van der Waals surface area contributed by atoms with E-state index in [0.29, 0.717) is 0 Å². The van der Waals surface area contributed by atoms with E-state index in [0.717, 1.165) is 12.3 Å². The van der Waals surface area contributed by atoms with E-state index < -0.39 is 10.9 Å². The highest BCUT2D eigenvalue weighted by atomic mass is 35.5. The normalized spacial score (nSPS) is 10.5. The summed E-state index contributed by atoms with van der Waals surface area (Å²) >= 11 is 5.69. The van der Waals surface area contributed by atoms with Crippen molar-refractivity contribution in [3.8, 4) is 0 Å². The molecule has 1 heterocycles. The second kappa shape index (κ2) is 7.01. The summed E-state index contributed by atoms with van der Waals surface area (Å²) in [4.78, 5) is 25.1. The highest BCUT2D eigenvalue weighted by Crippen LogP contribution is 2.19. The average Bonchev–Trinajstić information content (AvgIpc) is 2.34. The van der Waals surface area contributed by atoms with Crippen LogP contribution in [0.2, 0.25) is 5.15 Å². The van der Waals surface area contributed by atoms with E-state index >= 15 is 0 Å². The number of aromatic nitrogens is 1. The summed E-state index contributed by atoms with van der Waals surface area (Å²) in [6.45, 7) is 3.98. The van der Waals surface area contributed by atoms with Crippen molar-refractivity contribution in [1.29, 1.82) is 0 Å². The number of carbonyl (C=O) groups is 1. The number of carbonyl (C=O) groups excluding carboxylic acids is 1. The molecule has 0 radical (unpaired) electrons. The van der Waals surface area contributed by atoms with Crippen LogP contribution < -0.4 is 0 Å². The van der Waals surface area contributed by atoms with E-state index in [1.165, 1.54) is 0 Å². The van der Waals surface area contributed by atoms with Gasteiger partial charge in [-0.2, -0.15) is 0 Å². The maximum Gasteiger partial charge on any atom is 0.341 e. The molecule has 0 aliphatic rings. The van der Waals surface area contributed by atoms with Crippen molar-refractivity contribution in [3.63, 3.8) is 0 Å². The van der Waals surface area contributed by atoms with Gasteiger partial charge in [-0.25, -0.2) is 9.78 Å². The minimum atomic E-state index is -0.770. The molecule has 0 aromatic carbocycles. The lowest BCUT2D eigenvalue weighted by Gasteiger charge is -2.08. The molecule has 1 rings (SSSR count). The Morgan fingerprint density at radius 3 is 2.79 bits per heavy atom. The molecule has 1 aromatic rings. The molecular formula is C11H13ClN2O5. The van der Waals surface area contributed by atoms with Gasteiger partial charge in [-0.3, -0.25) is 10.1 Å². The number of hydrogen-bond acceptors (Lipinski definition) is 6. The molecule has 0 aliphatic carbocycles. The molecule has 19 heavy (non-hydrogen) atoms. The van der Waals surface area contributed by atoms with Crippen molar-refractivity contribution < 1.29 is 19.2 Å². The number of nitro groups is 1. The van der Waals surface area contributed by atoms with Crippen LogP contribution >= 0.6 is 11.6 Å². The molecule has 0 amide bonds. The monoisotopic (exact) mass is 288 g/mol. The molecule has 0 saturated carbocycles. The largest absolute Gasteiger partial charge is 0.460 e. The average molecular weight is 289 g/mol. The molecule has 7 nitrogen and oxygen atoms in total. The van der Waals surface area contributed by atoms with Crippen molar-refractivity contribution in [3.05, 3.63) is 33.1 Å². The van der Waals surface area contributed by atoms with E-state index in [4.69, 9.17) is 21.1 Å². The molecular weight excluding hydrogens is 276 g/mol. The highest BCUT2D eigenvalue weighted by molar-refractivity contribution is 6.32. The Bertz CT molecular complexity index is 478. The predicted octanol–water partition coefficient (Wildman–Crippen LogP) is 2.22. The Hall–Kier alpha value is -1.73. The van der Waals surface area contributed by atoms with Crippen LogP contribution in [0.15, 0.2) is 12.3 Å². The van der Waals surface area contributed by atoms with Gasteiger partial charge in [0.25, 0.3) is 5.69 Å². The summed E-state index contributed by atoms with van der Waals surface area (Å²) in [7, 11) is 0. The smallest absolute Gasteiger partial charge is 0.341 e. The Morgan fingerprint density at radius 2 is 2.21 bits per heavy atom. The van der Waals surface area contributed by atoms with Crippen LogP contribution in [-0.4, -0.2) is 35.2 Å². The number of rotatable bonds is 6. The minimum Gasteiger partial charge on any atom is -0.460 e. The summed E-state index contributed by atoms with van der Waals surface area (Å²) in [5.41, 5.74) is -0.463. The van der Waals surface area contributed by atoms with E-state index in [-0.39, 0.29) is 35.7 Å². The predicted molar refractivity (Wildman–Crippen MR) is 67.3 cm³/mol. The first-order valence-electron chi connectivity index (χ1n) is 5.50. The first kappa shape index (κ1) is 15.3. The zero-order valence-electron chi connectivity index (χ0n) is 10.5. The van der Waals surface area contributed by atoms with Gasteiger partial charge in [0.15, 0.2) is 0 Å². The summed E-state index contributed by atoms with van der Waals surface area (Å²) < 4.78 is 10.1. The van der Waals surface area contributed by atoms with Gasteiger partial charge >= 0.3 is 5.97 Å². The van der Waals surface area contributed by atoms with Crippen molar-refractivity contribution in [2.45, 2.75) is 20.0 Å². The fourth-order valence-electron chi connectivity index (χ4n) is 1.18. The third-order valence-corrected chi connectivity index (χ3v) is 2.32. The Labute approximate surface area is 114 Å². The lowest BCUT2D eigenvalue weighted by Crippen LogP contribution is -2.14. The van der Waals surface area contributed by atoms with Gasteiger partial charge in [0.2, 0.25) is 0 Å². The second-order valence-corrected chi connectivity index (χ2v) is 4.20. The summed E-state index contributed by atoms with van der Waals surface area (Å²) in [5, 5.41) is 10.4. The third-order valence-electron chi connectivity index (χ3n) is 2.02. The molecule has 0 atom stereocenters. The van der Waals surface area contributed by atoms with Crippen molar-refractivity contribution in [1.82, 2.24) is 4.98 Å². The highest BCUT2D eigenvalue weighted by Gasteiger charge is 2.18. The maximum absolute atomic E-state index is 11.7. The lowest BCUT2D eigenvalue weighted by atomic mass is 10.2. The molecule has 0 bridgehead atoms. The zero-order chi connectivity index (χ0) is 14.4. The molecule has 0 saturated heterocycles. The summed E-state index contributed by atoms with van der Waals surface area (Å²) in [6.07, 6.45) is 1.00. The quantitative estimate of drug-likeness (QED) is 0.262. The van der Waals surface area contributed by atoms with Gasteiger partial charge in [-0.05, 0) is 13.8 Å². The van der Waals surface area contributed by atoms with Crippen LogP contribution in [0, 0.1) is 10.1 Å². The molecule has 0 unspecified atom stereocenters. The van der Waals surface area contributed by atoms with Gasteiger partial charge in [0, 0.05) is 6.07 Å². The van der Waals surface area contributed by atoms with E-state index in [2.05, 4.69) is 4.98 Å². The second-order valence-electron chi connectivity index (χ2n) is 3.84. The number of pyridine rings is 1. The molecule has 0 spiro atoms. The zero-order valence-corrected chi connectivity index (χ0v) is 11.2. The number of nitrogens with zero attached hydrogens (tertiary/aromatic N) is 2. The molecule has 8 heteroatoms. The van der Waals surface area contributed by atoms with Gasteiger partial charge in [-0.1, -0.05) is 11.6 Å². The van der Waals surface area contributed by atoms with Crippen molar-refractivity contribution >= 4 is 23.3 Å². The van der Waals surface area contributed by atoms with E-state index in [1.807, 2.05) is 13.8 Å². The Morgan fingerprint density at radius 1 is 1.53 bits per heavy atom. The van der Waals surface area contributed by atoms with E-state index in [9.17, 15) is 14.9 Å². The molecule has 0 aliphatic heterocycles. The van der Waals surface area contributed by atoms with Gasteiger partial charge in [0.1, 0.15) is 23.5 Å². The van der Waals surface area contributed by atoms with Crippen LogP contribution in [0.3, 0.4) is 0 Å². The van der Waals surface area contributed by atoms with Crippen molar-refractivity contribution in [2.24, 2.45) is 0 Å². The summed E-state index contributed by atoms with van der Waals surface area (Å²) in [5.74, 6) is -0.770. The SMILES string of the molecule is CC(C)OCCOC(=O)c1cc([N+](=O)[O-])cnc1Cl. The minimum absolute atomic E-state index is 0.0294. The Balaban J connectivity index is 2.66. The molecule has 104 valence electrons. The van der Waals surface area contributed by atoms with E-state index in [1.54, 1.807) is 0 Å². The molecule has 0 N–H and O–H groups in total. The maximum atomic E-state index is 11.7. The van der Waals surface area contributed by atoms with Crippen molar-refractivity contribution in [2.75, 3.05) is 13.2 Å².